The van der Waals surface area contributed by atoms with Gasteiger partial charge in [0.15, 0.2) is 11.0 Å². The SMILES string of the molecule is COc1ccc([C@H](CNC(=O)CSc2nnc(-c3cccnc3)n2-c2ccccc2)N(C)C)cc1. The van der Waals surface area contributed by atoms with Gasteiger partial charge in [0, 0.05) is 30.2 Å². The van der Waals surface area contributed by atoms with Gasteiger partial charge in [0.1, 0.15) is 5.75 Å². The number of rotatable bonds is 10. The van der Waals surface area contributed by atoms with Crippen LogP contribution in [0.2, 0.25) is 0 Å². The normalized spacial score (nSPS) is 11.9. The summed E-state index contributed by atoms with van der Waals surface area (Å²) >= 11 is 1.35. The number of carbonyl (C=O) groups excluding carboxylic acids is 1. The van der Waals surface area contributed by atoms with Crippen molar-refractivity contribution < 1.29 is 9.53 Å². The van der Waals surface area contributed by atoms with Gasteiger partial charge in [-0.2, -0.15) is 0 Å². The zero-order chi connectivity index (χ0) is 24.6. The molecule has 2 aromatic carbocycles. The molecule has 1 amide bonds. The van der Waals surface area contributed by atoms with Crippen molar-refractivity contribution in [2.45, 2.75) is 11.2 Å². The number of nitrogens with zero attached hydrogens (tertiary/aromatic N) is 5. The molecule has 2 aromatic heterocycles. The predicted molar refractivity (Wildman–Crippen MR) is 138 cm³/mol. The molecule has 4 aromatic rings. The Morgan fingerprint density at radius 3 is 2.49 bits per heavy atom. The molecule has 0 saturated carbocycles. The molecular weight excluding hydrogens is 460 g/mol. The second-order valence-corrected chi connectivity index (χ2v) is 9.01. The fourth-order valence-electron chi connectivity index (χ4n) is 3.67. The Morgan fingerprint density at radius 2 is 1.83 bits per heavy atom. The van der Waals surface area contributed by atoms with Crippen LogP contribution in [-0.4, -0.2) is 64.1 Å². The zero-order valence-electron chi connectivity index (χ0n) is 20.0. The average molecular weight is 489 g/mol. The van der Waals surface area contributed by atoms with Crippen LogP contribution in [0, 0.1) is 0 Å². The molecule has 180 valence electrons. The van der Waals surface area contributed by atoms with Gasteiger partial charge in [-0.25, -0.2) is 0 Å². The summed E-state index contributed by atoms with van der Waals surface area (Å²) in [6.45, 7) is 0.491. The number of thioether (sulfide) groups is 1. The van der Waals surface area contributed by atoms with Crippen molar-refractivity contribution in [3.05, 3.63) is 84.7 Å². The standard InChI is InChI=1S/C26H28N6O2S/c1-31(2)23(19-11-13-22(34-3)14-12-19)17-28-24(33)18-35-26-30-29-25(20-8-7-15-27-16-20)32(26)21-9-5-4-6-10-21/h4-16,23H,17-18H2,1-3H3,(H,28,33)/t23-/m0/s1. The quantitative estimate of drug-likeness (QED) is 0.339. The summed E-state index contributed by atoms with van der Waals surface area (Å²) < 4.78 is 7.20. The highest BCUT2D eigenvalue weighted by Crippen LogP contribution is 2.27. The third-order valence-corrected chi connectivity index (χ3v) is 6.45. The first kappa shape index (κ1) is 24.4. The van der Waals surface area contributed by atoms with Gasteiger partial charge >= 0.3 is 0 Å². The molecule has 0 aliphatic rings. The van der Waals surface area contributed by atoms with Crippen LogP contribution < -0.4 is 10.1 Å². The number of pyridine rings is 1. The van der Waals surface area contributed by atoms with E-state index >= 15 is 0 Å². The van der Waals surface area contributed by atoms with Crippen LogP contribution in [-0.2, 0) is 4.79 Å². The summed E-state index contributed by atoms with van der Waals surface area (Å²) in [7, 11) is 5.64. The van der Waals surface area contributed by atoms with Crippen LogP contribution in [0.3, 0.4) is 0 Å². The number of aromatic nitrogens is 4. The summed E-state index contributed by atoms with van der Waals surface area (Å²) in [5.41, 5.74) is 2.88. The molecule has 0 unspecified atom stereocenters. The monoisotopic (exact) mass is 488 g/mol. The zero-order valence-corrected chi connectivity index (χ0v) is 20.8. The number of hydrogen-bond donors (Lipinski definition) is 1. The first-order valence-electron chi connectivity index (χ1n) is 11.2. The summed E-state index contributed by atoms with van der Waals surface area (Å²) in [5, 5.41) is 12.5. The third-order valence-electron chi connectivity index (χ3n) is 5.52. The van der Waals surface area contributed by atoms with E-state index in [1.165, 1.54) is 11.8 Å². The Balaban J connectivity index is 1.45. The maximum absolute atomic E-state index is 12.8. The number of methoxy groups -OCH3 is 1. The molecule has 8 nitrogen and oxygen atoms in total. The molecule has 1 N–H and O–H groups in total. The van der Waals surface area contributed by atoms with Crippen LogP contribution >= 0.6 is 11.8 Å². The highest BCUT2D eigenvalue weighted by atomic mass is 32.2. The maximum atomic E-state index is 12.8. The molecule has 9 heteroatoms. The van der Waals surface area contributed by atoms with Crippen molar-refractivity contribution in [3.8, 4) is 22.8 Å². The number of carbonyl (C=O) groups is 1. The largest absolute Gasteiger partial charge is 0.497 e. The smallest absolute Gasteiger partial charge is 0.230 e. The van der Waals surface area contributed by atoms with E-state index in [4.69, 9.17) is 4.74 Å². The van der Waals surface area contributed by atoms with Gasteiger partial charge in [-0.15, -0.1) is 10.2 Å². The van der Waals surface area contributed by atoms with Crippen LogP contribution in [0.15, 0.2) is 84.3 Å². The fraction of sp³-hybridized carbons (Fsp3) is 0.231. The van der Waals surface area contributed by atoms with Gasteiger partial charge < -0.3 is 15.0 Å². The second kappa shape index (κ2) is 11.6. The van der Waals surface area contributed by atoms with Gasteiger partial charge in [-0.1, -0.05) is 42.1 Å². The van der Waals surface area contributed by atoms with Crippen molar-refractivity contribution in [3.63, 3.8) is 0 Å². The van der Waals surface area contributed by atoms with Crippen molar-refractivity contribution in [2.24, 2.45) is 0 Å². The Labute approximate surface area is 209 Å². The van der Waals surface area contributed by atoms with E-state index in [9.17, 15) is 4.79 Å². The Morgan fingerprint density at radius 1 is 1.06 bits per heavy atom. The topological polar surface area (TPSA) is 85.2 Å². The third kappa shape index (κ3) is 6.06. The second-order valence-electron chi connectivity index (χ2n) is 8.06. The van der Waals surface area contributed by atoms with E-state index in [1.54, 1.807) is 19.5 Å². The van der Waals surface area contributed by atoms with E-state index < -0.39 is 0 Å². The molecule has 4 rings (SSSR count). The molecule has 0 saturated heterocycles. The molecule has 0 aliphatic heterocycles. The van der Waals surface area contributed by atoms with E-state index in [-0.39, 0.29) is 17.7 Å². The molecule has 35 heavy (non-hydrogen) atoms. The van der Waals surface area contributed by atoms with Gasteiger partial charge in [-0.3, -0.25) is 14.3 Å². The van der Waals surface area contributed by atoms with Crippen LogP contribution in [0.4, 0.5) is 0 Å². The average Bonchev–Trinajstić information content (AvgIpc) is 3.33. The number of hydrogen-bond acceptors (Lipinski definition) is 7. The van der Waals surface area contributed by atoms with Crippen molar-refractivity contribution in [1.82, 2.24) is 30.0 Å². The van der Waals surface area contributed by atoms with Crippen LogP contribution in [0.25, 0.3) is 17.1 Å². The van der Waals surface area contributed by atoms with Crippen LogP contribution in [0.1, 0.15) is 11.6 Å². The van der Waals surface area contributed by atoms with Crippen molar-refractivity contribution in [2.75, 3.05) is 33.5 Å². The molecule has 0 aliphatic carbocycles. The Bertz CT molecular complexity index is 1230. The van der Waals surface area contributed by atoms with E-state index in [0.29, 0.717) is 17.5 Å². The molecule has 2 heterocycles. The van der Waals surface area contributed by atoms with E-state index in [2.05, 4.69) is 25.4 Å². The van der Waals surface area contributed by atoms with Gasteiger partial charge in [0.05, 0.1) is 18.9 Å². The minimum atomic E-state index is -0.0686. The lowest BCUT2D eigenvalue weighted by Crippen LogP contribution is -2.35. The Hall–Kier alpha value is -3.69. The number of nitrogens with one attached hydrogen (secondary N) is 1. The van der Waals surface area contributed by atoms with Crippen LogP contribution in [0.5, 0.6) is 5.75 Å². The van der Waals surface area contributed by atoms with Gasteiger partial charge in [0.2, 0.25) is 5.91 Å². The lowest BCUT2D eigenvalue weighted by Gasteiger charge is -2.25. The summed E-state index contributed by atoms with van der Waals surface area (Å²) in [5.74, 6) is 1.64. The lowest BCUT2D eigenvalue weighted by atomic mass is 10.1. The van der Waals surface area contributed by atoms with Gasteiger partial charge in [-0.05, 0) is 56.1 Å². The molecule has 0 bridgehead atoms. The van der Waals surface area contributed by atoms with Crippen molar-refractivity contribution >= 4 is 17.7 Å². The van der Waals surface area contributed by atoms with Crippen molar-refractivity contribution in [1.29, 1.82) is 0 Å². The lowest BCUT2D eigenvalue weighted by molar-refractivity contribution is -0.118. The highest BCUT2D eigenvalue weighted by Gasteiger charge is 2.19. The summed E-state index contributed by atoms with van der Waals surface area (Å²) in [6, 6.07) is 21.6. The molecule has 1 atom stereocenters. The first-order valence-corrected chi connectivity index (χ1v) is 12.2. The van der Waals surface area contributed by atoms with Gasteiger partial charge in [0.25, 0.3) is 0 Å². The highest BCUT2D eigenvalue weighted by molar-refractivity contribution is 7.99. The van der Waals surface area contributed by atoms with E-state index in [1.807, 2.05) is 85.4 Å². The maximum Gasteiger partial charge on any atom is 0.230 e. The minimum absolute atomic E-state index is 0.0417. The number of likely N-dealkylation sites (N-methyl/N-ethyl adjacent to an activating group) is 1. The summed E-state index contributed by atoms with van der Waals surface area (Å²) in [4.78, 5) is 19.1. The number of amides is 1. The molecule has 0 fully saturated rings. The number of para-hydroxylation sites is 1. The predicted octanol–water partition coefficient (Wildman–Crippen LogP) is 3.85. The minimum Gasteiger partial charge on any atom is -0.497 e. The first-order chi connectivity index (χ1) is 17.1. The fourth-order valence-corrected chi connectivity index (χ4v) is 4.45. The molecular formula is C26H28N6O2S. The summed E-state index contributed by atoms with van der Waals surface area (Å²) in [6.07, 6.45) is 3.48. The molecule has 0 spiro atoms. The number of ether oxygens (including phenoxy) is 1. The molecule has 0 radical (unpaired) electrons. The van der Waals surface area contributed by atoms with E-state index in [0.717, 1.165) is 22.6 Å². The Kier molecular flexibility index (Phi) is 8.12. The number of benzene rings is 2.